The molecule has 0 saturated heterocycles. The van der Waals surface area contributed by atoms with Gasteiger partial charge in [0.1, 0.15) is 0 Å². The van der Waals surface area contributed by atoms with E-state index < -0.39 is 0 Å². The van der Waals surface area contributed by atoms with Crippen LogP contribution in [0.25, 0.3) is 0 Å². The van der Waals surface area contributed by atoms with Gasteiger partial charge < -0.3 is 0 Å². The van der Waals surface area contributed by atoms with Crippen LogP contribution in [0.4, 0.5) is 11.4 Å². The van der Waals surface area contributed by atoms with E-state index in [4.69, 9.17) is 11.6 Å². The summed E-state index contributed by atoms with van der Waals surface area (Å²) in [5, 5.41) is 0.669. The van der Waals surface area contributed by atoms with Crippen molar-refractivity contribution in [1.29, 1.82) is 0 Å². The van der Waals surface area contributed by atoms with Gasteiger partial charge in [0.05, 0.1) is 11.4 Å². The third-order valence-corrected chi connectivity index (χ3v) is 5.58. The second kappa shape index (κ2) is 12.2. The van der Waals surface area contributed by atoms with Gasteiger partial charge in [0.2, 0.25) is 0 Å². The first-order chi connectivity index (χ1) is 15.2. The van der Waals surface area contributed by atoms with E-state index in [1.807, 2.05) is 30.6 Å². The van der Waals surface area contributed by atoms with Crippen molar-refractivity contribution in [3.8, 4) is 0 Å². The monoisotopic (exact) mass is 430 g/mol. The Hall–Kier alpha value is -2.71. The van der Waals surface area contributed by atoms with Crippen molar-refractivity contribution in [3.05, 3.63) is 94.0 Å². The van der Waals surface area contributed by atoms with Crippen molar-refractivity contribution in [3.63, 3.8) is 0 Å². The van der Waals surface area contributed by atoms with Crippen molar-refractivity contribution >= 4 is 35.4 Å². The number of nitrogens with zero attached hydrogens (tertiary/aromatic N) is 2. The van der Waals surface area contributed by atoms with Crippen LogP contribution in [0.5, 0.6) is 0 Å². The molecule has 0 saturated carbocycles. The third-order valence-electron chi connectivity index (χ3n) is 5.25. The van der Waals surface area contributed by atoms with E-state index >= 15 is 0 Å². The summed E-state index contributed by atoms with van der Waals surface area (Å²) in [6.45, 7) is 4.43. The molecule has 0 aromatic heterocycles. The van der Waals surface area contributed by atoms with Crippen molar-refractivity contribution in [2.24, 2.45) is 9.98 Å². The Morgan fingerprint density at radius 3 is 1.68 bits per heavy atom. The molecule has 0 aliphatic rings. The summed E-state index contributed by atoms with van der Waals surface area (Å²) in [5.41, 5.74) is 6.47. The summed E-state index contributed by atoms with van der Waals surface area (Å²) in [6, 6.07) is 22.8. The normalized spacial score (nSPS) is 11.6. The molecule has 0 fully saturated rings. The number of hydrogen-bond donors (Lipinski definition) is 0. The molecule has 0 radical (unpaired) electrons. The molecule has 0 unspecified atom stereocenters. The molecule has 3 aromatic carbocycles. The molecule has 3 rings (SSSR count). The number of hydrogen-bond acceptors (Lipinski definition) is 2. The predicted molar refractivity (Wildman–Crippen MR) is 136 cm³/mol. The first-order valence-electron chi connectivity index (χ1n) is 11.2. The van der Waals surface area contributed by atoms with Crippen LogP contribution in [0.15, 0.2) is 76.7 Å². The number of halogens is 1. The maximum Gasteiger partial charge on any atom is 0.0630 e. The highest BCUT2D eigenvalue weighted by molar-refractivity contribution is 6.33. The van der Waals surface area contributed by atoms with Crippen molar-refractivity contribution < 1.29 is 0 Å². The molecular formula is C28H31ClN2. The minimum Gasteiger partial charge on any atom is -0.256 e. The summed E-state index contributed by atoms with van der Waals surface area (Å²) in [4.78, 5) is 9.14. The minimum absolute atomic E-state index is 0.669. The Morgan fingerprint density at radius 2 is 1.19 bits per heavy atom. The molecule has 3 heteroatoms. The van der Waals surface area contributed by atoms with Crippen LogP contribution in [0, 0.1) is 0 Å². The van der Waals surface area contributed by atoms with Gasteiger partial charge in [0.25, 0.3) is 0 Å². The van der Waals surface area contributed by atoms with Crippen LogP contribution in [0.1, 0.15) is 61.8 Å². The van der Waals surface area contributed by atoms with E-state index in [1.165, 1.54) is 36.8 Å². The average molecular weight is 431 g/mol. The highest BCUT2D eigenvalue weighted by atomic mass is 35.5. The van der Waals surface area contributed by atoms with Crippen molar-refractivity contribution in [2.75, 3.05) is 0 Å². The van der Waals surface area contributed by atoms with E-state index in [-0.39, 0.29) is 0 Å². The van der Waals surface area contributed by atoms with Gasteiger partial charge in [0.15, 0.2) is 0 Å². The van der Waals surface area contributed by atoms with Gasteiger partial charge >= 0.3 is 0 Å². The van der Waals surface area contributed by atoms with Gasteiger partial charge in [-0.15, -0.1) is 0 Å². The minimum atomic E-state index is 0.669. The van der Waals surface area contributed by atoms with E-state index in [0.717, 1.165) is 35.3 Å². The van der Waals surface area contributed by atoms with Crippen LogP contribution in [0.2, 0.25) is 5.02 Å². The SMILES string of the molecule is CCCCc1ccc(N=Cc2ccc(C=Nc3ccc(CCCC)cc3)c(Cl)c2)cc1. The van der Waals surface area contributed by atoms with Gasteiger partial charge in [-0.05, 0) is 72.7 Å². The zero-order valence-corrected chi connectivity index (χ0v) is 19.3. The van der Waals surface area contributed by atoms with E-state index in [0.29, 0.717) is 5.02 Å². The average Bonchev–Trinajstić information content (AvgIpc) is 2.81. The van der Waals surface area contributed by atoms with Crippen molar-refractivity contribution in [2.45, 2.75) is 52.4 Å². The molecule has 2 nitrogen and oxygen atoms in total. The smallest absolute Gasteiger partial charge is 0.0630 e. The molecule has 31 heavy (non-hydrogen) atoms. The maximum absolute atomic E-state index is 6.48. The number of aryl methyl sites for hydroxylation is 2. The molecular weight excluding hydrogens is 400 g/mol. The number of benzene rings is 3. The zero-order valence-electron chi connectivity index (χ0n) is 18.5. The second-order valence-electron chi connectivity index (χ2n) is 7.84. The fraction of sp³-hybridized carbons (Fsp3) is 0.286. The van der Waals surface area contributed by atoms with Crippen molar-refractivity contribution in [1.82, 2.24) is 0 Å². The van der Waals surface area contributed by atoms with Gasteiger partial charge in [-0.2, -0.15) is 0 Å². The Kier molecular flexibility index (Phi) is 9.05. The van der Waals surface area contributed by atoms with Crippen LogP contribution in [-0.2, 0) is 12.8 Å². The molecule has 0 amide bonds. The predicted octanol–water partition coefficient (Wildman–Crippen LogP) is 8.53. The Bertz CT molecular complexity index is 1000. The lowest BCUT2D eigenvalue weighted by Crippen LogP contribution is -1.88. The lowest BCUT2D eigenvalue weighted by molar-refractivity contribution is 0.795. The molecule has 0 aliphatic heterocycles. The summed E-state index contributed by atoms with van der Waals surface area (Å²) >= 11 is 6.48. The molecule has 0 bridgehead atoms. The van der Waals surface area contributed by atoms with Crippen LogP contribution in [0.3, 0.4) is 0 Å². The molecule has 0 heterocycles. The topological polar surface area (TPSA) is 24.7 Å². The highest BCUT2D eigenvalue weighted by Gasteiger charge is 2.00. The first-order valence-corrected chi connectivity index (χ1v) is 11.6. The molecule has 0 spiro atoms. The highest BCUT2D eigenvalue weighted by Crippen LogP contribution is 2.20. The fourth-order valence-electron chi connectivity index (χ4n) is 3.28. The molecule has 3 aromatic rings. The Balaban J connectivity index is 1.61. The first kappa shape index (κ1) is 23.0. The maximum atomic E-state index is 6.48. The molecule has 0 N–H and O–H groups in total. The van der Waals surface area contributed by atoms with Gasteiger partial charge in [-0.3, -0.25) is 9.98 Å². The summed E-state index contributed by atoms with van der Waals surface area (Å²) in [7, 11) is 0. The van der Waals surface area contributed by atoms with Gasteiger partial charge in [-0.25, -0.2) is 0 Å². The standard InChI is InChI=1S/C28H31ClN2/c1-3-5-7-22-10-15-26(16-11-22)30-20-24-9-14-25(28(29)19-24)21-31-27-17-12-23(13-18-27)8-6-4-2/h9-21H,3-8H2,1-2H3. The van der Waals surface area contributed by atoms with E-state index in [1.54, 1.807) is 0 Å². The van der Waals surface area contributed by atoms with E-state index in [2.05, 4.69) is 72.4 Å². The molecule has 160 valence electrons. The Morgan fingerprint density at radius 1 is 0.677 bits per heavy atom. The quantitative estimate of drug-likeness (QED) is 0.288. The number of rotatable bonds is 10. The summed E-state index contributed by atoms with van der Waals surface area (Å²) < 4.78 is 0. The second-order valence-corrected chi connectivity index (χ2v) is 8.24. The lowest BCUT2D eigenvalue weighted by atomic mass is 10.1. The largest absolute Gasteiger partial charge is 0.256 e. The van der Waals surface area contributed by atoms with Gasteiger partial charge in [-0.1, -0.05) is 74.7 Å². The fourth-order valence-corrected chi connectivity index (χ4v) is 3.52. The third kappa shape index (κ3) is 7.48. The molecule has 0 atom stereocenters. The molecule has 0 aliphatic carbocycles. The van der Waals surface area contributed by atoms with Gasteiger partial charge in [0, 0.05) is 23.0 Å². The number of unbranched alkanes of at least 4 members (excludes halogenated alkanes) is 2. The lowest BCUT2D eigenvalue weighted by Gasteiger charge is -2.02. The van der Waals surface area contributed by atoms with Crippen LogP contribution in [-0.4, -0.2) is 12.4 Å². The summed E-state index contributed by atoms with van der Waals surface area (Å²) in [6.07, 6.45) is 10.8. The number of aliphatic imine (C=N–C) groups is 2. The van der Waals surface area contributed by atoms with Crippen LogP contribution < -0.4 is 0 Å². The Labute approximate surface area is 191 Å². The van der Waals surface area contributed by atoms with Crippen LogP contribution >= 0.6 is 11.6 Å². The van der Waals surface area contributed by atoms with E-state index in [9.17, 15) is 0 Å². The summed E-state index contributed by atoms with van der Waals surface area (Å²) in [5.74, 6) is 0. The zero-order chi connectivity index (χ0) is 21.9.